The predicted octanol–water partition coefficient (Wildman–Crippen LogP) is 1.04. The molecule has 120 valence electrons. The number of hydrogen-bond acceptors (Lipinski definition) is 5. The van der Waals surface area contributed by atoms with Crippen LogP contribution < -0.4 is 10.6 Å². The second-order valence-corrected chi connectivity index (χ2v) is 6.23. The number of nitrogen functional groups attached to an aromatic ring is 1. The summed E-state index contributed by atoms with van der Waals surface area (Å²) in [6.45, 7) is 6.91. The fourth-order valence-corrected chi connectivity index (χ4v) is 3.21. The average Bonchev–Trinajstić information content (AvgIpc) is 3.09. The van der Waals surface area contributed by atoms with Crippen molar-refractivity contribution in [1.82, 2.24) is 14.5 Å². The number of nitrogens with two attached hydrogens (primary N) is 1. The molecule has 6 nitrogen and oxygen atoms in total. The summed E-state index contributed by atoms with van der Waals surface area (Å²) in [7, 11) is 2.06. The van der Waals surface area contributed by atoms with Crippen molar-refractivity contribution < 1.29 is 5.11 Å². The van der Waals surface area contributed by atoms with Crippen molar-refractivity contribution in [2.24, 2.45) is 0 Å². The van der Waals surface area contributed by atoms with Crippen LogP contribution in [-0.2, 0) is 0 Å². The first-order chi connectivity index (χ1) is 10.5. The molecule has 1 aliphatic rings. The van der Waals surface area contributed by atoms with Crippen molar-refractivity contribution in [2.75, 3.05) is 43.9 Å². The first-order valence-electron chi connectivity index (χ1n) is 7.83. The van der Waals surface area contributed by atoms with Gasteiger partial charge in [0.25, 0.3) is 0 Å². The number of likely N-dealkylation sites (N-methyl/N-ethyl adjacent to an activating group) is 1. The molecule has 6 heteroatoms. The molecule has 0 saturated carbocycles. The van der Waals surface area contributed by atoms with Gasteiger partial charge in [-0.15, -0.1) is 5.10 Å². The third-order valence-corrected chi connectivity index (χ3v) is 4.86. The topological polar surface area (TPSA) is 70.0 Å². The number of rotatable bonds is 4. The monoisotopic (exact) mass is 303 g/mol. The smallest absolute Gasteiger partial charge is 0.175 e. The molecule has 0 bridgehead atoms. The van der Waals surface area contributed by atoms with E-state index in [1.54, 1.807) is 0 Å². The van der Waals surface area contributed by atoms with Crippen LogP contribution in [0.2, 0.25) is 0 Å². The van der Waals surface area contributed by atoms with E-state index in [2.05, 4.69) is 36.8 Å². The Hall–Kier alpha value is -1.79. The molecular weight excluding hydrogens is 278 g/mol. The number of aromatic nitrogens is 2. The maximum absolute atomic E-state index is 9.08. The Labute approximate surface area is 131 Å². The van der Waals surface area contributed by atoms with Gasteiger partial charge in [0.05, 0.1) is 12.1 Å². The Morgan fingerprint density at radius 2 is 2.18 bits per heavy atom. The van der Waals surface area contributed by atoms with Gasteiger partial charge in [0.2, 0.25) is 0 Å². The normalized spacial score (nSPS) is 18.8. The lowest BCUT2D eigenvalue weighted by atomic mass is 10.2. The second-order valence-electron chi connectivity index (χ2n) is 6.23. The van der Waals surface area contributed by atoms with Crippen molar-refractivity contribution in [3.63, 3.8) is 0 Å². The number of fused-ring (bicyclic) bond motifs is 1. The zero-order valence-corrected chi connectivity index (χ0v) is 13.6. The van der Waals surface area contributed by atoms with E-state index < -0.39 is 0 Å². The SMILES string of the molecule is Cc1ccc2c(N)c(N3CCC(N(C)CCO)C3)nn2c1C. The second kappa shape index (κ2) is 5.78. The standard InChI is InChI=1S/C16H25N5O/c1-11-4-5-14-15(17)16(18-21(14)12(11)2)20-7-6-13(10-20)19(3)8-9-22/h4-5,13,22H,6-10,17H2,1-3H3. The number of hydrogen-bond donors (Lipinski definition) is 2. The Morgan fingerprint density at radius 3 is 2.91 bits per heavy atom. The molecule has 3 N–H and O–H groups in total. The summed E-state index contributed by atoms with van der Waals surface area (Å²) < 4.78 is 1.95. The minimum atomic E-state index is 0.196. The molecule has 0 radical (unpaired) electrons. The fraction of sp³-hybridized carbons (Fsp3) is 0.562. The number of aliphatic hydroxyl groups excluding tert-OH is 1. The number of nitrogens with zero attached hydrogens (tertiary/aromatic N) is 4. The minimum absolute atomic E-state index is 0.196. The van der Waals surface area contributed by atoms with Crippen LogP contribution in [0.5, 0.6) is 0 Å². The summed E-state index contributed by atoms with van der Waals surface area (Å²) in [5.41, 5.74) is 10.4. The first kappa shape index (κ1) is 15.1. The van der Waals surface area contributed by atoms with Gasteiger partial charge in [-0.2, -0.15) is 0 Å². The highest BCUT2D eigenvalue weighted by Crippen LogP contribution is 2.31. The van der Waals surface area contributed by atoms with E-state index in [1.165, 1.54) is 5.56 Å². The Morgan fingerprint density at radius 1 is 1.41 bits per heavy atom. The van der Waals surface area contributed by atoms with Crippen LogP contribution in [0.3, 0.4) is 0 Å². The van der Waals surface area contributed by atoms with Crippen LogP contribution in [0.15, 0.2) is 12.1 Å². The molecule has 2 aromatic rings. The van der Waals surface area contributed by atoms with Crippen molar-refractivity contribution in [3.8, 4) is 0 Å². The molecule has 1 fully saturated rings. The molecule has 3 heterocycles. The van der Waals surface area contributed by atoms with Gasteiger partial charge in [0, 0.05) is 31.4 Å². The average molecular weight is 303 g/mol. The molecular formula is C16H25N5O. The molecule has 0 aliphatic carbocycles. The van der Waals surface area contributed by atoms with Gasteiger partial charge in [0.15, 0.2) is 5.82 Å². The molecule has 0 amide bonds. The van der Waals surface area contributed by atoms with Crippen molar-refractivity contribution in [2.45, 2.75) is 26.3 Å². The summed E-state index contributed by atoms with van der Waals surface area (Å²) in [5.74, 6) is 0.883. The molecule has 1 atom stereocenters. The molecule has 1 saturated heterocycles. The Kier molecular flexibility index (Phi) is 3.97. The lowest BCUT2D eigenvalue weighted by Gasteiger charge is -2.23. The third kappa shape index (κ3) is 2.42. The maximum atomic E-state index is 9.08. The van der Waals surface area contributed by atoms with E-state index >= 15 is 0 Å². The molecule has 0 spiro atoms. The fourth-order valence-electron chi connectivity index (χ4n) is 3.21. The van der Waals surface area contributed by atoms with Crippen molar-refractivity contribution in [3.05, 3.63) is 23.4 Å². The van der Waals surface area contributed by atoms with Crippen LogP contribution in [-0.4, -0.2) is 59.0 Å². The highest BCUT2D eigenvalue weighted by atomic mass is 16.3. The van der Waals surface area contributed by atoms with Gasteiger partial charge in [-0.25, -0.2) is 4.52 Å². The summed E-state index contributed by atoms with van der Waals surface area (Å²) in [4.78, 5) is 4.47. The van der Waals surface area contributed by atoms with Crippen molar-refractivity contribution >= 4 is 17.0 Å². The van der Waals surface area contributed by atoms with Gasteiger partial charge in [-0.1, -0.05) is 6.07 Å². The van der Waals surface area contributed by atoms with Crippen LogP contribution in [0.1, 0.15) is 17.7 Å². The van der Waals surface area contributed by atoms with Gasteiger partial charge >= 0.3 is 0 Å². The number of pyridine rings is 1. The first-order valence-corrected chi connectivity index (χ1v) is 7.83. The molecule has 22 heavy (non-hydrogen) atoms. The van der Waals surface area contributed by atoms with E-state index in [9.17, 15) is 0 Å². The predicted molar refractivity (Wildman–Crippen MR) is 89.4 cm³/mol. The lowest BCUT2D eigenvalue weighted by Crippen LogP contribution is -2.36. The largest absolute Gasteiger partial charge is 0.395 e. The lowest BCUT2D eigenvalue weighted by molar-refractivity contribution is 0.188. The molecule has 0 aromatic carbocycles. The summed E-state index contributed by atoms with van der Waals surface area (Å²) in [6.07, 6.45) is 1.07. The van der Waals surface area contributed by atoms with Crippen LogP contribution in [0.4, 0.5) is 11.5 Å². The summed E-state index contributed by atoms with van der Waals surface area (Å²) in [5, 5.41) is 13.8. The maximum Gasteiger partial charge on any atom is 0.175 e. The molecule has 2 aromatic heterocycles. The van der Waals surface area contributed by atoms with E-state index in [4.69, 9.17) is 15.9 Å². The van der Waals surface area contributed by atoms with Crippen LogP contribution in [0.25, 0.3) is 5.52 Å². The van der Waals surface area contributed by atoms with E-state index in [1.807, 2.05) is 10.6 Å². The summed E-state index contributed by atoms with van der Waals surface area (Å²) >= 11 is 0. The zero-order valence-electron chi connectivity index (χ0n) is 13.6. The van der Waals surface area contributed by atoms with Crippen molar-refractivity contribution in [1.29, 1.82) is 0 Å². The van der Waals surface area contributed by atoms with E-state index in [0.717, 1.165) is 42.2 Å². The molecule has 1 unspecified atom stereocenters. The number of aliphatic hydroxyl groups is 1. The van der Waals surface area contributed by atoms with E-state index in [0.29, 0.717) is 12.6 Å². The van der Waals surface area contributed by atoms with Gasteiger partial charge in [-0.05, 0) is 38.9 Å². The summed E-state index contributed by atoms with van der Waals surface area (Å²) in [6, 6.07) is 4.58. The Balaban J connectivity index is 1.89. The van der Waals surface area contributed by atoms with Gasteiger partial charge in [0.1, 0.15) is 5.69 Å². The van der Waals surface area contributed by atoms with E-state index in [-0.39, 0.29) is 6.61 Å². The zero-order chi connectivity index (χ0) is 15.9. The van der Waals surface area contributed by atoms with Crippen LogP contribution in [0, 0.1) is 13.8 Å². The molecule has 1 aliphatic heterocycles. The number of anilines is 2. The van der Waals surface area contributed by atoms with Gasteiger partial charge < -0.3 is 15.7 Å². The number of aryl methyl sites for hydroxylation is 2. The minimum Gasteiger partial charge on any atom is -0.395 e. The van der Waals surface area contributed by atoms with Crippen LogP contribution >= 0.6 is 0 Å². The highest BCUT2D eigenvalue weighted by Gasteiger charge is 2.29. The van der Waals surface area contributed by atoms with Gasteiger partial charge in [-0.3, -0.25) is 4.90 Å². The highest BCUT2D eigenvalue weighted by molar-refractivity contribution is 5.82. The quantitative estimate of drug-likeness (QED) is 0.883. The third-order valence-electron chi connectivity index (χ3n) is 4.86. The molecule has 3 rings (SSSR count). The Bertz CT molecular complexity index is 681.